The number of para-hydroxylation sites is 2. The number of unbranched alkanes of at least 4 members (excludes halogenated alkanes) is 2. The summed E-state index contributed by atoms with van der Waals surface area (Å²) in [6, 6.07) is 38.0. The van der Waals surface area contributed by atoms with Gasteiger partial charge in [0.1, 0.15) is 0 Å². The van der Waals surface area contributed by atoms with Crippen molar-refractivity contribution in [1.29, 1.82) is 0 Å². The first-order valence-corrected chi connectivity index (χ1v) is 19.3. The van der Waals surface area contributed by atoms with Gasteiger partial charge in [-0.15, -0.1) is 0 Å². The predicted octanol–water partition coefficient (Wildman–Crippen LogP) is 9.52. The molecular weight excluding hydrogens is 535 g/mol. The summed E-state index contributed by atoms with van der Waals surface area (Å²) < 4.78 is 16.4. The van der Waals surface area contributed by atoms with Gasteiger partial charge in [-0.3, -0.25) is 0 Å². The molecule has 0 aromatic heterocycles. The Hall–Kier alpha value is -2.72. The summed E-state index contributed by atoms with van der Waals surface area (Å²) in [6.07, 6.45) is 4.53. The van der Waals surface area contributed by atoms with Gasteiger partial charge in [-0.1, -0.05) is 0 Å². The number of hydrogen-bond acceptors (Lipinski definition) is 2. The van der Waals surface area contributed by atoms with Crippen LogP contribution in [0.1, 0.15) is 39.5 Å². The van der Waals surface area contributed by atoms with Crippen LogP contribution in [-0.2, 0) is 0 Å². The van der Waals surface area contributed by atoms with E-state index in [2.05, 4.69) is 123 Å². The Kier molecular flexibility index (Phi) is 9.30. The Morgan fingerprint density at radius 3 is 1.26 bits per heavy atom. The fourth-order valence-electron chi connectivity index (χ4n) is 4.47. The van der Waals surface area contributed by atoms with Crippen molar-refractivity contribution in [2.75, 3.05) is 0 Å². The molecule has 0 saturated carbocycles. The van der Waals surface area contributed by atoms with E-state index in [-0.39, 0.29) is 0 Å². The van der Waals surface area contributed by atoms with Crippen LogP contribution in [0.25, 0.3) is 22.3 Å². The molecule has 0 aliphatic rings. The third-order valence-corrected chi connectivity index (χ3v) is 16.1. The molecule has 0 bridgehead atoms. The molecule has 0 aliphatic heterocycles. The zero-order valence-electron chi connectivity index (χ0n) is 21.0. The van der Waals surface area contributed by atoms with E-state index >= 15 is 0 Å². The van der Waals surface area contributed by atoms with Crippen LogP contribution >= 0.6 is 0 Å². The molecule has 0 saturated heterocycles. The van der Waals surface area contributed by atoms with Crippen molar-refractivity contribution in [2.45, 2.75) is 48.4 Å². The molecule has 0 amide bonds. The monoisotopic (exact) mass is 572 g/mol. The normalized spacial score (nSPS) is 11.3. The summed E-state index contributed by atoms with van der Waals surface area (Å²) in [5.41, 5.74) is 4.64. The predicted molar refractivity (Wildman–Crippen MR) is 150 cm³/mol. The maximum absolute atomic E-state index is 7.17. The zero-order chi connectivity index (χ0) is 24.3. The molecule has 0 radical (unpaired) electrons. The summed E-state index contributed by atoms with van der Waals surface area (Å²) >= 11 is -3.62. The molecule has 3 heteroatoms. The first kappa shape index (κ1) is 25.4. The van der Waals surface area contributed by atoms with E-state index in [1.807, 2.05) is 0 Å². The van der Waals surface area contributed by atoms with E-state index in [0.29, 0.717) is 0 Å². The van der Waals surface area contributed by atoms with Gasteiger partial charge in [0.25, 0.3) is 0 Å². The fraction of sp³-hybridized carbons (Fsp3) is 0.250. The third-order valence-electron chi connectivity index (χ3n) is 6.36. The standard InChI is InChI=1S/2C12H10O.2C4H9.Sn/c2*13-12-9-5-4-8-11(12)10-6-2-1-3-7-10;2*1-3-4-2;/h2*1-9,13H;2*1,3-4H2,2H3;/q;;;;+2/p-2. The van der Waals surface area contributed by atoms with Gasteiger partial charge in [-0.25, -0.2) is 0 Å². The molecule has 0 spiro atoms. The van der Waals surface area contributed by atoms with E-state index in [1.165, 1.54) is 11.1 Å². The van der Waals surface area contributed by atoms with Crippen molar-refractivity contribution in [2.24, 2.45) is 0 Å². The Morgan fingerprint density at radius 1 is 0.486 bits per heavy atom. The van der Waals surface area contributed by atoms with Crippen molar-refractivity contribution in [3.8, 4) is 33.8 Å². The van der Waals surface area contributed by atoms with Gasteiger partial charge in [-0.05, 0) is 0 Å². The van der Waals surface area contributed by atoms with E-state index in [0.717, 1.165) is 57.2 Å². The van der Waals surface area contributed by atoms with Crippen LogP contribution in [0.5, 0.6) is 11.5 Å². The molecule has 180 valence electrons. The second kappa shape index (κ2) is 12.8. The van der Waals surface area contributed by atoms with Gasteiger partial charge in [0.2, 0.25) is 0 Å². The number of benzene rings is 4. The average molecular weight is 571 g/mol. The van der Waals surface area contributed by atoms with Crippen molar-refractivity contribution < 1.29 is 6.15 Å². The number of rotatable bonds is 12. The summed E-state index contributed by atoms with van der Waals surface area (Å²) in [7, 11) is 0. The van der Waals surface area contributed by atoms with E-state index in [4.69, 9.17) is 6.15 Å². The third kappa shape index (κ3) is 6.70. The summed E-state index contributed by atoms with van der Waals surface area (Å²) in [5, 5.41) is 0. The van der Waals surface area contributed by atoms with Crippen LogP contribution in [0.3, 0.4) is 0 Å². The van der Waals surface area contributed by atoms with Gasteiger partial charge in [-0.2, -0.15) is 0 Å². The van der Waals surface area contributed by atoms with Crippen molar-refractivity contribution >= 4 is 19.2 Å². The molecule has 0 aliphatic carbocycles. The molecule has 4 aromatic carbocycles. The molecule has 0 N–H and O–H groups in total. The van der Waals surface area contributed by atoms with E-state index in [1.54, 1.807) is 0 Å². The molecule has 0 heterocycles. The van der Waals surface area contributed by atoms with Gasteiger partial charge in [0, 0.05) is 0 Å². The van der Waals surface area contributed by atoms with Gasteiger partial charge in [0.15, 0.2) is 0 Å². The minimum absolute atomic E-state index is 0.957. The SMILES string of the molecule is CCC[CH2][Sn]([CH2]CCC)([O]c1ccccc1-c1ccccc1)[O]c1ccccc1-c1ccccc1. The molecule has 2 nitrogen and oxygen atoms in total. The van der Waals surface area contributed by atoms with Crippen LogP contribution in [0, 0.1) is 0 Å². The summed E-state index contributed by atoms with van der Waals surface area (Å²) in [4.78, 5) is 0. The molecular formula is C32H36O2Sn. The van der Waals surface area contributed by atoms with Crippen LogP contribution < -0.4 is 6.15 Å². The van der Waals surface area contributed by atoms with Crippen molar-refractivity contribution in [3.05, 3.63) is 109 Å². The Bertz CT molecular complexity index is 1080. The average Bonchev–Trinajstić information content (AvgIpc) is 2.92. The molecule has 0 fully saturated rings. The van der Waals surface area contributed by atoms with E-state index < -0.39 is 19.2 Å². The van der Waals surface area contributed by atoms with Crippen LogP contribution in [0.2, 0.25) is 8.87 Å². The first-order valence-electron chi connectivity index (χ1n) is 12.9. The van der Waals surface area contributed by atoms with Crippen LogP contribution in [-0.4, -0.2) is 19.2 Å². The zero-order valence-corrected chi connectivity index (χ0v) is 23.8. The Morgan fingerprint density at radius 2 is 0.857 bits per heavy atom. The Labute approximate surface area is 215 Å². The second-order valence-corrected chi connectivity index (χ2v) is 18.3. The number of hydrogen-bond donors (Lipinski definition) is 0. The van der Waals surface area contributed by atoms with Crippen LogP contribution in [0.4, 0.5) is 0 Å². The Balaban J connectivity index is 1.76. The van der Waals surface area contributed by atoms with E-state index in [9.17, 15) is 0 Å². The van der Waals surface area contributed by atoms with Gasteiger partial charge in [0.05, 0.1) is 0 Å². The first-order chi connectivity index (χ1) is 17.2. The molecule has 4 rings (SSSR count). The summed E-state index contributed by atoms with van der Waals surface area (Å²) in [6.45, 7) is 4.51. The quantitative estimate of drug-likeness (QED) is 0.158. The van der Waals surface area contributed by atoms with Crippen LogP contribution in [0.15, 0.2) is 109 Å². The van der Waals surface area contributed by atoms with Gasteiger partial charge >= 0.3 is 217 Å². The second-order valence-electron chi connectivity index (χ2n) is 9.05. The molecule has 0 unspecified atom stereocenters. The minimum atomic E-state index is -3.62. The van der Waals surface area contributed by atoms with Crippen molar-refractivity contribution in [1.82, 2.24) is 0 Å². The maximum atomic E-state index is 7.17. The fourth-order valence-corrected chi connectivity index (χ4v) is 14.9. The molecule has 4 aromatic rings. The van der Waals surface area contributed by atoms with Crippen molar-refractivity contribution in [3.63, 3.8) is 0 Å². The van der Waals surface area contributed by atoms with Gasteiger partial charge < -0.3 is 0 Å². The molecule has 0 atom stereocenters. The summed E-state index contributed by atoms with van der Waals surface area (Å²) in [5.74, 6) is 1.91. The molecule has 35 heavy (non-hydrogen) atoms. The topological polar surface area (TPSA) is 18.5 Å².